The molecule has 1 aromatic heterocycles. The number of hydrogen-bond donors (Lipinski definition) is 2. The summed E-state index contributed by atoms with van der Waals surface area (Å²) in [5.41, 5.74) is 2.18. The van der Waals surface area contributed by atoms with E-state index in [2.05, 4.69) is 27.7 Å². The topological polar surface area (TPSA) is 73.9 Å². The Morgan fingerprint density at radius 1 is 1.39 bits per heavy atom. The van der Waals surface area contributed by atoms with Gasteiger partial charge >= 0.3 is 0 Å². The fraction of sp³-hybridized carbons (Fsp3) is 0.417. The van der Waals surface area contributed by atoms with Crippen LogP contribution in [0, 0.1) is 0 Å². The summed E-state index contributed by atoms with van der Waals surface area (Å²) < 4.78 is 0. The standard InChI is InChI=1S/C12H15N5O/c1-8-7-17(5-4-13-8)12(18)9-2-3-10-11(6-9)15-16-14-10/h2-3,6,8,13H,4-5,7H2,1H3,(H,14,15,16)/t8-/m1/s1. The summed E-state index contributed by atoms with van der Waals surface area (Å²) in [6, 6.07) is 5.75. The fourth-order valence-corrected chi connectivity index (χ4v) is 2.27. The molecule has 3 rings (SSSR count). The van der Waals surface area contributed by atoms with Crippen molar-refractivity contribution in [1.29, 1.82) is 0 Å². The van der Waals surface area contributed by atoms with Crippen molar-refractivity contribution in [3.63, 3.8) is 0 Å². The number of H-pyrrole nitrogens is 1. The van der Waals surface area contributed by atoms with E-state index >= 15 is 0 Å². The normalized spacial score (nSPS) is 20.3. The highest BCUT2D eigenvalue weighted by molar-refractivity contribution is 5.97. The van der Waals surface area contributed by atoms with Crippen molar-refractivity contribution in [2.45, 2.75) is 13.0 Å². The summed E-state index contributed by atoms with van der Waals surface area (Å²) in [5, 5.41) is 13.9. The molecule has 0 radical (unpaired) electrons. The van der Waals surface area contributed by atoms with Crippen molar-refractivity contribution in [2.75, 3.05) is 19.6 Å². The van der Waals surface area contributed by atoms with Gasteiger partial charge in [-0.05, 0) is 25.1 Å². The number of benzene rings is 1. The van der Waals surface area contributed by atoms with Gasteiger partial charge in [-0.25, -0.2) is 0 Å². The average Bonchev–Trinajstić information content (AvgIpc) is 2.85. The number of nitrogens with one attached hydrogen (secondary N) is 2. The summed E-state index contributed by atoms with van der Waals surface area (Å²) in [4.78, 5) is 14.2. The number of hydrogen-bond acceptors (Lipinski definition) is 4. The third-order valence-electron chi connectivity index (χ3n) is 3.22. The highest BCUT2D eigenvalue weighted by Gasteiger charge is 2.21. The number of amides is 1. The van der Waals surface area contributed by atoms with Crippen molar-refractivity contribution in [1.82, 2.24) is 25.6 Å². The van der Waals surface area contributed by atoms with Crippen molar-refractivity contribution in [3.8, 4) is 0 Å². The fourth-order valence-electron chi connectivity index (χ4n) is 2.27. The molecule has 94 valence electrons. The molecule has 0 spiro atoms. The Bertz CT molecular complexity index is 579. The molecule has 1 amide bonds. The third kappa shape index (κ3) is 1.95. The average molecular weight is 245 g/mol. The van der Waals surface area contributed by atoms with Gasteiger partial charge in [-0.1, -0.05) is 0 Å². The Hall–Kier alpha value is -1.95. The summed E-state index contributed by atoms with van der Waals surface area (Å²) in [7, 11) is 0. The molecule has 6 nitrogen and oxygen atoms in total. The minimum atomic E-state index is 0.0632. The monoisotopic (exact) mass is 245 g/mol. The van der Waals surface area contributed by atoms with Crippen LogP contribution in [0.1, 0.15) is 17.3 Å². The minimum Gasteiger partial charge on any atom is -0.336 e. The first kappa shape index (κ1) is 11.2. The van der Waals surface area contributed by atoms with E-state index in [4.69, 9.17) is 0 Å². The van der Waals surface area contributed by atoms with Crippen LogP contribution < -0.4 is 5.32 Å². The first-order valence-corrected chi connectivity index (χ1v) is 6.07. The smallest absolute Gasteiger partial charge is 0.254 e. The molecule has 1 aliphatic heterocycles. The van der Waals surface area contributed by atoms with Crippen molar-refractivity contribution < 1.29 is 4.79 Å². The molecule has 1 aliphatic rings. The zero-order valence-electron chi connectivity index (χ0n) is 10.2. The van der Waals surface area contributed by atoms with Crippen molar-refractivity contribution in [3.05, 3.63) is 23.8 Å². The van der Waals surface area contributed by atoms with Crippen LogP contribution in [0.5, 0.6) is 0 Å². The Labute approximate surface area is 104 Å². The minimum absolute atomic E-state index is 0.0632. The zero-order valence-corrected chi connectivity index (χ0v) is 10.2. The van der Waals surface area contributed by atoms with Crippen LogP contribution in [0.4, 0.5) is 0 Å². The maximum Gasteiger partial charge on any atom is 0.254 e. The maximum atomic E-state index is 12.4. The van der Waals surface area contributed by atoms with Crippen LogP contribution >= 0.6 is 0 Å². The predicted molar refractivity (Wildman–Crippen MR) is 67.3 cm³/mol. The SMILES string of the molecule is C[C@@H]1CN(C(=O)c2ccc3n[nH]nc3c2)CCN1. The largest absolute Gasteiger partial charge is 0.336 e. The van der Waals surface area contributed by atoms with Gasteiger partial charge in [-0.3, -0.25) is 4.79 Å². The first-order valence-electron chi connectivity index (χ1n) is 6.07. The van der Waals surface area contributed by atoms with E-state index in [1.807, 2.05) is 11.0 Å². The highest BCUT2D eigenvalue weighted by atomic mass is 16.2. The van der Waals surface area contributed by atoms with Gasteiger partial charge in [0.1, 0.15) is 11.0 Å². The van der Waals surface area contributed by atoms with Gasteiger partial charge in [0.2, 0.25) is 0 Å². The quantitative estimate of drug-likeness (QED) is 0.762. The summed E-state index contributed by atoms with van der Waals surface area (Å²) in [6.45, 7) is 4.43. The summed E-state index contributed by atoms with van der Waals surface area (Å²) in [6.07, 6.45) is 0. The van der Waals surface area contributed by atoms with E-state index in [0.717, 1.165) is 30.7 Å². The lowest BCUT2D eigenvalue weighted by Crippen LogP contribution is -2.51. The summed E-state index contributed by atoms with van der Waals surface area (Å²) in [5.74, 6) is 0.0632. The first-order chi connectivity index (χ1) is 8.74. The highest BCUT2D eigenvalue weighted by Crippen LogP contribution is 2.13. The van der Waals surface area contributed by atoms with E-state index in [-0.39, 0.29) is 5.91 Å². The molecule has 1 saturated heterocycles. The van der Waals surface area contributed by atoms with Crippen LogP contribution in [0.3, 0.4) is 0 Å². The van der Waals surface area contributed by atoms with Crippen molar-refractivity contribution in [2.24, 2.45) is 0 Å². The Morgan fingerprint density at radius 2 is 2.22 bits per heavy atom. The van der Waals surface area contributed by atoms with Crippen LogP contribution in [0.2, 0.25) is 0 Å². The molecule has 0 bridgehead atoms. The molecule has 1 fully saturated rings. The zero-order chi connectivity index (χ0) is 12.5. The molecule has 2 N–H and O–H groups in total. The lowest BCUT2D eigenvalue weighted by atomic mass is 10.1. The lowest BCUT2D eigenvalue weighted by Gasteiger charge is -2.31. The number of aromatic nitrogens is 3. The van der Waals surface area contributed by atoms with E-state index in [1.165, 1.54) is 0 Å². The second-order valence-corrected chi connectivity index (χ2v) is 4.63. The van der Waals surface area contributed by atoms with Gasteiger partial charge in [0.15, 0.2) is 0 Å². The van der Waals surface area contributed by atoms with Gasteiger partial charge in [0.05, 0.1) is 0 Å². The maximum absolute atomic E-state index is 12.4. The van der Waals surface area contributed by atoms with Crippen LogP contribution in [0.25, 0.3) is 11.0 Å². The van der Waals surface area contributed by atoms with Crippen LogP contribution in [0.15, 0.2) is 18.2 Å². The Morgan fingerprint density at radius 3 is 3.06 bits per heavy atom. The number of carbonyl (C=O) groups is 1. The second kappa shape index (κ2) is 4.38. The van der Waals surface area contributed by atoms with Gasteiger partial charge in [0.25, 0.3) is 5.91 Å². The van der Waals surface area contributed by atoms with Crippen LogP contribution in [-0.4, -0.2) is 51.9 Å². The molecule has 2 heterocycles. The third-order valence-corrected chi connectivity index (χ3v) is 3.22. The molecule has 1 atom stereocenters. The number of carbonyl (C=O) groups excluding carboxylic acids is 1. The summed E-state index contributed by atoms with van der Waals surface area (Å²) >= 11 is 0. The molecule has 0 unspecified atom stereocenters. The van der Waals surface area contributed by atoms with Gasteiger partial charge in [-0.15, -0.1) is 0 Å². The Kier molecular flexibility index (Phi) is 2.71. The predicted octanol–water partition coefficient (Wildman–Crippen LogP) is 0.392. The van der Waals surface area contributed by atoms with Crippen LogP contribution in [-0.2, 0) is 0 Å². The van der Waals surface area contributed by atoms with E-state index in [0.29, 0.717) is 11.6 Å². The Balaban J connectivity index is 1.86. The molecule has 0 aliphatic carbocycles. The van der Waals surface area contributed by atoms with E-state index in [9.17, 15) is 4.79 Å². The van der Waals surface area contributed by atoms with E-state index in [1.54, 1.807) is 12.1 Å². The molecule has 6 heteroatoms. The molecule has 2 aromatic rings. The molecule has 1 aromatic carbocycles. The van der Waals surface area contributed by atoms with Gasteiger partial charge in [-0.2, -0.15) is 15.4 Å². The number of fused-ring (bicyclic) bond motifs is 1. The molecular weight excluding hydrogens is 230 g/mol. The molecule has 18 heavy (non-hydrogen) atoms. The van der Waals surface area contributed by atoms with Gasteiger partial charge < -0.3 is 10.2 Å². The number of nitrogens with zero attached hydrogens (tertiary/aromatic N) is 3. The number of piperazine rings is 1. The molecular formula is C12H15N5O. The molecule has 0 saturated carbocycles. The van der Waals surface area contributed by atoms with E-state index < -0.39 is 0 Å². The second-order valence-electron chi connectivity index (χ2n) is 4.63. The number of rotatable bonds is 1. The van der Waals surface area contributed by atoms with Crippen molar-refractivity contribution >= 4 is 16.9 Å². The van der Waals surface area contributed by atoms with Gasteiger partial charge in [0, 0.05) is 31.2 Å². The lowest BCUT2D eigenvalue weighted by molar-refractivity contribution is 0.0709. The number of aromatic amines is 1.